The molecular weight excluding hydrogens is 304 g/mol. The van der Waals surface area contributed by atoms with E-state index in [2.05, 4.69) is 29.1 Å². The van der Waals surface area contributed by atoms with Crippen LogP contribution in [0.15, 0.2) is 41.1 Å². The molecule has 1 amide bonds. The number of nitrogens with one attached hydrogen (secondary N) is 1. The lowest BCUT2D eigenvalue weighted by Crippen LogP contribution is -2.33. The number of fused-ring (bicyclic) bond motifs is 1. The molecule has 2 heterocycles. The minimum Gasteiger partial charge on any atom is -0.441 e. The molecule has 0 aliphatic heterocycles. The third kappa shape index (κ3) is 3.32. The second-order valence-electron chi connectivity index (χ2n) is 6.14. The number of aromatic nitrogens is 3. The molecule has 2 aromatic heterocycles. The zero-order chi connectivity index (χ0) is 17.1. The number of amides is 1. The molecule has 0 saturated heterocycles. The number of carbonyl (C=O) groups is 1. The highest BCUT2D eigenvalue weighted by atomic mass is 16.3. The third-order valence-electron chi connectivity index (χ3n) is 3.99. The van der Waals surface area contributed by atoms with Crippen molar-refractivity contribution in [2.24, 2.45) is 0 Å². The minimum atomic E-state index is -0.298. The van der Waals surface area contributed by atoms with Crippen LogP contribution in [0.1, 0.15) is 44.4 Å². The number of nitrogens with zero attached hydrogens (tertiary/aromatic N) is 3. The minimum absolute atomic E-state index is 0.0361. The maximum atomic E-state index is 12.4. The summed E-state index contributed by atoms with van der Waals surface area (Å²) in [4.78, 5) is 21.1. The lowest BCUT2D eigenvalue weighted by atomic mass is 10.2. The molecule has 1 aromatic carbocycles. The first-order chi connectivity index (χ1) is 11.6. The summed E-state index contributed by atoms with van der Waals surface area (Å²) in [6.45, 7) is 6.50. The quantitative estimate of drug-likeness (QED) is 0.755. The molecule has 3 aromatic rings. The number of imidazole rings is 1. The Hall–Kier alpha value is -2.63. The van der Waals surface area contributed by atoms with Gasteiger partial charge in [-0.05, 0) is 19.1 Å². The van der Waals surface area contributed by atoms with Gasteiger partial charge >= 0.3 is 0 Å². The monoisotopic (exact) mass is 326 g/mol. The number of hydrogen-bond donors (Lipinski definition) is 1. The van der Waals surface area contributed by atoms with Crippen molar-refractivity contribution in [1.82, 2.24) is 19.9 Å². The number of carbonyl (C=O) groups excluding carboxylic acids is 1. The third-order valence-corrected chi connectivity index (χ3v) is 3.99. The van der Waals surface area contributed by atoms with E-state index >= 15 is 0 Å². The normalized spacial score (nSPS) is 12.7. The van der Waals surface area contributed by atoms with Crippen LogP contribution < -0.4 is 5.32 Å². The van der Waals surface area contributed by atoms with E-state index in [0.717, 1.165) is 16.9 Å². The van der Waals surface area contributed by atoms with Gasteiger partial charge in [0.1, 0.15) is 17.4 Å². The lowest BCUT2D eigenvalue weighted by molar-refractivity contribution is -0.123. The van der Waals surface area contributed by atoms with Gasteiger partial charge in [0, 0.05) is 31.3 Å². The molecule has 0 saturated carbocycles. The van der Waals surface area contributed by atoms with Crippen molar-refractivity contribution < 1.29 is 9.21 Å². The van der Waals surface area contributed by atoms with Crippen LogP contribution in [0.5, 0.6) is 0 Å². The molecule has 6 nitrogen and oxygen atoms in total. The average Bonchev–Trinajstić information content (AvgIpc) is 3.20. The van der Waals surface area contributed by atoms with Crippen LogP contribution in [-0.4, -0.2) is 27.0 Å². The lowest BCUT2D eigenvalue weighted by Gasteiger charge is -2.17. The van der Waals surface area contributed by atoms with Gasteiger partial charge in [-0.15, -0.1) is 0 Å². The van der Waals surface area contributed by atoms with E-state index in [1.54, 1.807) is 6.20 Å². The standard InChI is InChI=1S/C18H22N4O2/c1-12(2)17-19-10-11-22(17)13(3)18(23)20-9-8-16-21-14-6-4-5-7-15(14)24-16/h4-7,10-13H,8-9H2,1-3H3,(H,20,23). The highest BCUT2D eigenvalue weighted by Crippen LogP contribution is 2.17. The smallest absolute Gasteiger partial charge is 0.242 e. The predicted molar refractivity (Wildman–Crippen MR) is 91.7 cm³/mol. The van der Waals surface area contributed by atoms with E-state index in [0.29, 0.717) is 18.9 Å². The SMILES string of the molecule is CC(C)c1nccn1C(C)C(=O)NCCc1nc2ccccc2o1. The number of benzene rings is 1. The fourth-order valence-corrected chi connectivity index (χ4v) is 2.69. The van der Waals surface area contributed by atoms with E-state index in [4.69, 9.17) is 4.42 Å². The Kier molecular flexibility index (Phi) is 4.64. The largest absolute Gasteiger partial charge is 0.441 e. The first-order valence-electron chi connectivity index (χ1n) is 8.21. The number of rotatable bonds is 6. The molecule has 1 unspecified atom stereocenters. The molecule has 1 N–H and O–H groups in total. The molecule has 3 rings (SSSR count). The molecule has 0 aliphatic carbocycles. The second kappa shape index (κ2) is 6.86. The van der Waals surface area contributed by atoms with Crippen LogP contribution >= 0.6 is 0 Å². The van der Waals surface area contributed by atoms with Crippen LogP contribution in [0.4, 0.5) is 0 Å². The van der Waals surface area contributed by atoms with E-state index in [-0.39, 0.29) is 17.9 Å². The fraction of sp³-hybridized carbons (Fsp3) is 0.389. The first-order valence-corrected chi connectivity index (χ1v) is 8.21. The van der Waals surface area contributed by atoms with Gasteiger partial charge in [0.05, 0.1) is 0 Å². The van der Waals surface area contributed by atoms with Gasteiger partial charge in [-0.3, -0.25) is 4.79 Å². The number of oxazole rings is 1. The summed E-state index contributed by atoms with van der Waals surface area (Å²) in [5.74, 6) is 1.78. The maximum absolute atomic E-state index is 12.4. The maximum Gasteiger partial charge on any atom is 0.242 e. The first kappa shape index (κ1) is 16.2. The zero-order valence-electron chi connectivity index (χ0n) is 14.2. The van der Waals surface area contributed by atoms with Crippen molar-refractivity contribution >= 4 is 17.0 Å². The van der Waals surface area contributed by atoms with Gasteiger partial charge in [0.25, 0.3) is 0 Å². The van der Waals surface area contributed by atoms with Crippen molar-refractivity contribution in [1.29, 1.82) is 0 Å². The van der Waals surface area contributed by atoms with E-state index in [1.807, 2.05) is 42.0 Å². The summed E-state index contributed by atoms with van der Waals surface area (Å²) in [6, 6.07) is 7.34. The Bertz CT molecular complexity index is 801. The van der Waals surface area contributed by atoms with Crippen LogP contribution in [-0.2, 0) is 11.2 Å². The molecular formula is C18H22N4O2. The van der Waals surface area contributed by atoms with Crippen molar-refractivity contribution in [2.45, 2.75) is 39.2 Å². The topological polar surface area (TPSA) is 73.0 Å². The molecule has 0 fully saturated rings. The molecule has 24 heavy (non-hydrogen) atoms. The molecule has 1 atom stereocenters. The molecule has 6 heteroatoms. The van der Waals surface area contributed by atoms with E-state index < -0.39 is 0 Å². The van der Waals surface area contributed by atoms with Crippen molar-refractivity contribution in [3.8, 4) is 0 Å². The van der Waals surface area contributed by atoms with E-state index in [1.165, 1.54) is 0 Å². The van der Waals surface area contributed by atoms with Gasteiger partial charge in [-0.25, -0.2) is 9.97 Å². The summed E-state index contributed by atoms with van der Waals surface area (Å²) in [7, 11) is 0. The summed E-state index contributed by atoms with van der Waals surface area (Å²) in [5.41, 5.74) is 1.61. The molecule has 0 aliphatic rings. The zero-order valence-corrected chi connectivity index (χ0v) is 14.2. The van der Waals surface area contributed by atoms with Crippen LogP contribution in [0, 0.1) is 0 Å². The highest BCUT2D eigenvalue weighted by molar-refractivity contribution is 5.80. The molecule has 0 radical (unpaired) electrons. The van der Waals surface area contributed by atoms with Crippen molar-refractivity contribution in [2.75, 3.05) is 6.54 Å². The van der Waals surface area contributed by atoms with Gasteiger partial charge in [0.15, 0.2) is 11.5 Å². The Morgan fingerprint density at radius 2 is 2.08 bits per heavy atom. The summed E-state index contributed by atoms with van der Waals surface area (Å²) < 4.78 is 7.57. The fourth-order valence-electron chi connectivity index (χ4n) is 2.69. The van der Waals surface area contributed by atoms with Crippen molar-refractivity contribution in [3.05, 3.63) is 48.4 Å². The number of para-hydroxylation sites is 2. The molecule has 0 spiro atoms. The molecule has 126 valence electrons. The van der Waals surface area contributed by atoms with Crippen LogP contribution in [0.25, 0.3) is 11.1 Å². The molecule has 0 bridgehead atoms. The van der Waals surface area contributed by atoms with Crippen LogP contribution in [0.2, 0.25) is 0 Å². The summed E-state index contributed by atoms with van der Waals surface area (Å²) in [5, 5.41) is 2.94. The Morgan fingerprint density at radius 3 is 2.83 bits per heavy atom. The Balaban J connectivity index is 1.57. The van der Waals surface area contributed by atoms with Crippen LogP contribution in [0.3, 0.4) is 0 Å². The summed E-state index contributed by atoms with van der Waals surface area (Å²) >= 11 is 0. The van der Waals surface area contributed by atoms with Crippen molar-refractivity contribution in [3.63, 3.8) is 0 Å². The Morgan fingerprint density at radius 1 is 1.29 bits per heavy atom. The van der Waals surface area contributed by atoms with E-state index in [9.17, 15) is 4.79 Å². The van der Waals surface area contributed by atoms with Gasteiger partial charge in [0.2, 0.25) is 5.91 Å². The van der Waals surface area contributed by atoms with Gasteiger partial charge < -0.3 is 14.3 Å². The summed E-state index contributed by atoms with van der Waals surface area (Å²) in [6.07, 6.45) is 4.14. The van der Waals surface area contributed by atoms with Gasteiger partial charge in [-0.1, -0.05) is 26.0 Å². The van der Waals surface area contributed by atoms with Gasteiger partial charge in [-0.2, -0.15) is 0 Å². The second-order valence-corrected chi connectivity index (χ2v) is 6.14. The Labute approximate surface area is 140 Å². The number of hydrogen-bond acceptors (Lipinski definition) is 4. The highest BCUT2D eigenvalue weighted by Gasteiger charge is 2.19. The average molecular weight is 326 g/mol. The predicted octanol–water partition coefficient (Wildman–Crippen LogP) is 3.07.